The van der Waals surface area contributed by atoms with E-state index >= 15 is 0 Å². The summed E-state index contributed by atoms with van der Waals surface area (Å²) in [5.41, 5.74) is 1.36. The maximum Gasteiger partial charge on any atom is 0.193 e. The van der Waals surface area contributed by atoms with Gasteiger partial charge in [0.25, 0.3) is 0 Å². The van der Waals surface area contributed by atoms with Gasteiger partial charge in [-0.1, -0.05) is 28.1 Å². The van der Waals surface area contributed by atoms with Gasteiger partial charge >= 0.3 is 0 Å². The summed E-state index contributed by atoms with van der Waals surface area (Å²) >= 11 is 3.50. The number of aliphatic imine (C=N–C) groups is 1. The Bertz CT molecular complexity index is 545. The second-order valence-corrected chi connectivity index (χ2v) is 7.25. The molecule has 7 heteroatoms. The molecule has 26 heavy (non-hydrogen) atoms. The van der Waals surface area contributed by atoms with E-state index in [1.54, 1.807) is 7.11 Å². The summed E-state index contributed by atoms with van der Waals surface area (Å²) in [6.07, 6.45) is 0. The van der Waals surface area contributed by atoms with Gasteiger partial charge in [0.15, 0.2) is 5.96 Å². The maximum absolute atomic E-state index is 5.49. The number of nitrogens with zero attached hydrogens (tertiary/aromatic N) is 3. The van der Waals surface area contributed by atoms with Crippen LogP contribution in [0.15, 0.2) is 33.7 Å². The molecular formula is C19H31BrN4O2. The molecule has 0 aromatic heterocycles. The average molecular weight is 427 g/mol. The van der Waals surface area contributed by atoms with E-state index in [2.05, 4.69) is 67.2 Å². The summed E-state index contributed by atoms with van der Waals surface area (Å²) in [5.74, 6) is 0.955. The summed E-state index contributed by atoms with van der Waals surface area (Å²) in [4.78, 5) is 9.26. The van der Waals surface area contributed by atoms with Crippen molar-refractivity contribution in [3.05, 3.63) is 34.3 Å². The highest BCUT2D eigenvalue weighted by Crippen LogP contribution is 2.23. The third-order valence-corrected chi connectivity index (χ3v) is 5.22. The van der Waals surface area contributed by atoms with Crippen LogP contribution in [-0.2, 0) is 9.47 Å². The predicted molar refractivity (Wildman–Crippen MR) is 110 cm³/mol. The zero-order valence-corrected chi connectivity index (χ0v) is 17.7. The molecule has 2 rings (SSSR count). The third kappa shape index (κ3) is 6.54. The third-order valence-electron chi connectivity index (χ3n) is 4.69. The zero-order valence-electron chi connectivity index (χ0n) is 16.1. The number of hydrogen-bond donors (Lipinski definition) is 1. The first-order valence-electron chi connectivity index (χ1n) is 9.17. The van der Waals surface area contributed by atoms with Gasteiger partial charge in [0.1, 0.15) is 0 Å². The quantitative estimate of drug-likeness (QED) is 0.392. The van der Waals surface area contributed by atoms with E-state index in [1.165, 1.54) is 5.56 Å². The Morgan fingerprint density at radius 2 is 1.85 bits per heavy atom. The van der Waals surface area contributed by atoms with E-state index in [0.29, 0.717) is 25.9 Å². The molecule has 1 fully saturated rings. The van der Waals surface area contributed by atoms with Crippen molar-refractivity contribution in [2.45, 2.75) is 13.0 Å². The number of methoxy groups -OCH3 is 1. The van der Waals surface area contributed by atoms with Crippen molar-refractivity contribution in [2.24, 2.45) is 4.99 Å². The van der Waals surface area contributed by atoms with E-state index in [1.807, 2.05) is 7.05 Å². The van der Waals surface area contributed by atoms with Crippen molar-refractivity contribution < 1.29 is 9.47 Å². The Balaban J connectivity index is 1.74. The molecule has 6 nitrogen and oxygen atoms in total. The highest BCUT2D eigenvalue weighted by atomic mass is 79.9. The number of hydrogen-bond acceptors (Lipinski definition) is 4. The van der Waals surface area contributed by atoms with Crippen LogP contribution in [0.25, 0.3) is 0 Å². The maximum atomic E-state index is 5.49. The molecule has 1 aromatic rings. The van der Waals surface area contributed by atoms with Gasteiger partial charge in [-0.15, -0.1) is 0 Å². The van der Waals surface area contributed by atoms with Gasteiger partial charge in [-0.2, -0.15) is 0 Å². The molecule has 0 radical (unpaired) electrons. The first kappa shape index (κ1) is 21.2. The van der Waals surface area contributed by atoms with Crippen LogP contribution < -0.4 is 5.32 Å². The molecule has 0 saturated carbocycles. The molecule has 1 aliphatic heterocycles. The van der Waals surface area contributed by atoms with Crippen LogP contribution in [0, 0.1) is 0 Å². The number of benzene rings is 1. The highest BCUT2D eigenvalue weighted by Gasteiger charge is 2.23. The topological polar surface area (TPSA) is 49.3 Å². The monoisotopic (exact) mass is 426 g/mol. The first-order valence-corrected chi connectivity index (χ1v) is 9.96. The molecule has 146 valence electrons. The Labute approximate surface area is 165 Å². The molecule has 0 amide bonds. The number of piperazine rings is 1. The molecule has 1 heterocycles. The first-order chi connectivity index (χ1) is 12.7. The van der Waals surface area contributed by atoms with Gasteiger partial charge in [0.2, 0.25) is 0 Å². The fourth-order valence-corrected chi connectivity index (χ4v) is 3.35. The van der Waals surface area contributed by atoms with E-state index < -0.39 is 0 Å². The predicted octanol–water partition coefficient (Wildman–Crippen LogP) is 2.37. The van der Waals surface area contributed by atoms with Gasteiger partial charge in [-0.25, -0.2) is 0 Å². The van der Waals surface area contributed by atoms with E-state index in [9.17, 15) is 0 Å². The van der Waals surface area contributed by atoms with E-state index in [4.69, 9.17) is 9.47 Å². The summed E-state index contributed by atoms with van der Waals surface area (Å²) in [6.45, 7) is 8.97. The minimum absolute atomic E-state index is 0.425. The van der Waals surface area contributed by atoms with Crippen molar-refractivity contribution in [2.75, 3.05) is 66.7 Å². The summed E-state index contributed by atoms with van der Waals surface area (Å²) < 4.78 is 11.6. The molecule has 0 bridgehead atoms. The Hall–Kier alpha value is -1.15. The Morgan fingerprint density at radius 1 is 1.15 bits per heavy atom. The molecule has 1 saturated heterocycles. The lowest BCUT2D eigenvalue weighted by molar-refractivity contribution is 0.0728. The molecule has 1 aliphatic rings. The number of halogens is 1. The minimum Gasteiger partial charge on any atom is -0.382 e. The number of guanidine groups is 1. The summed E-state index contributed by atoms with van der Waals surface area (Å²) in [5, 5.41) is 3.38. The zero-order chi connectivity index (χ0) is 18.8. The molecule has 0 aliphatic carbocycles. The standard InChI is InChI=1S/C19H31BrN4O2/c1-16(17-4-6-18(20)7-5-17)23-9-11-24(12-10-23)19(21-2)22-8-13-26-15-14-25-3/h4-7,16H,8-15H2,1-3H3,(H,21,22). The van der Waals surface area contributed by atoms with Crippen molar-refractivity contribution in [3.8, 4) is 0 Å². The lowest BCUT2D eigenvalue weighted by Gasteiger charge is -2.39. The fraction of sp³-hybridized carbons (Fsp3) is 0.632. The van der Waals surface area contributed by atoms with Crippen molar-refractivity contribution in [1.82, 2.24) is 15.1 Å². The van der Waals surface area contributed by atoms with Crippen LogP contribution in [0.3, 0.4) is 0 Å². The molecule has 1 N–H and O–H groups in total. The van der Waals surface area contributed by atoms with Crippen molar-refractivity contribution in [1.29, 1.82) is 0 Å². The Kier molecular flexibility index (Phi) is 9.39. The minimum atomic E-state index is 0.425. The van der Waals surface area contributed by atoms with Gasteiger partial charge in [0.05, 0.1) is 19.8 Å². The lowest BCUT2D eigenvalue weighted by atomic mass is 10.1. The molecule has 1 aromatic carbocycles. The summed E-state index contributed by atoms with van der Waals surface area (Å²) in [6, 6.07) is 9.05. The van der Waals surface area contributed by atoms with Crippen LogP contribution >= 0.6 is 15.9 Å². The number of rotatable bonds is 8. The highest BCUT2D eigenvalue weighted by molar-refractivity contribution is 9.10. The molecule has 1 unspecified atom stereocenters. The molecular weight excluding hydrogens is 396 g/mol. The van der Waals surface area contributed by atoms with Crippen LogP contribution in [0.2, 0.25) is 0 Å². The average Bonchev–Trinajstić information content (AvgIpc) is 2.68. The largest absolute Gasteiger partial charge is 0.382 e. The van der Waals surface area contributed by atoms with E-state index in [-0.39, 0.29) is 0 Å². The SMILES string of the molecule is CN=C(NCCOCCOC)N1CCN(C(C)c2ccc(Br)cc2)CC1. The lowest BCUT2D eigenvalue weighted by Crippen LogP contribution is -2.53. The normalized spacial score (nSPS) is 17.4. The second kappa shape index (κ2) is 11.5. The second-order valence-electron chi connectivity index (χ2n) is 6.33. The van der Waals surface area contributed by atoms with Crippen LogP contribution in [0.5, 0.6) is 0 Å². The van der Waals surface area contributed by atoms with Gasteiger partial charge < -0.3 is 19.7 Å². The van der Waals surface area contributed by atoms with Crippen molar-refractivity contribution >= 4 is 21.9 Å². The van der Waals surface area contributed by atoms with Crippen LogP contribution in [-0.4, -0.2) is 82.5 Å². The van der Waals surface area contributed by atoms with Crippen LogP contribution in [0.4, 0.5) is 0 Å². The Morgan fingerprint density at radius 3 is 2.46 bits per heavy atom. The van der Waals surface area contributed by atoms with Gasteiger partial charge in [0, 0.05) is 57.4 Å². The fourth-order valence-electron chi connectivity index (χ4n) is 3.08. The van der Waals surface area contributed by atoms with Gasteiger partial charge in [-0.3, -0.25) is 9.89 Å². The molecule has 1 atom stereocenters. The van der Waals surface area contributed by atoms with Gasteiger partial charge in [-0.05, 0) is 24.6 Å². The van der Waals surface area contributed by atoms with Crippen LogP contribution in [0.1, 0.15) is 18.5 Å². The van der Waals surface area contributed by atoms with Crippen molar-refractivity contribution in [3.63, 3.8) is 0 Å². The number of ether oxygens (including phenoxy) is 2. The summed E-state index contributed by atoms with van der Waals surface area (Å²) in [7, 11) is 3.52. The smallest absolute Gasteiger partial charge is 0.193 e. The molecule has 0 spiro atoms. The number of nitrogens with one attached hydrogen (secondary N) is 1. The van der Waals surface area contributed by atoms with E-state index in [0.717, 1.165) is 43.2 Å².